The molecule has 1 rings (SSSR count). The first-order chi connectivity index (χ1) is 7.33. The molecule has 0 heterocycles. The molecule has 0 aliphatic carbocycles. The number of benzene rings is 1. The number of hydrogen-bond acceptors (Lipinski definition) is 3. The first-order valence-corrected chi connectivity index (χ1v) is 5.38. The predicted molar refractivity (Wildman–Crippen MR) is 62.0 cm³/mol. The van der Waals surface area contributed by atoms with Gasteiger partial charge in [0.15, 0.2) is 0 Å². The second-order valence-electron chi connectivity index (χ2n) is 3.44. The van der Waals surface area contributed by atoms with E-state index in [1.54, 1.807) is 0 Å². The fraction of sp³-hybridized carbons (Fsp3) is 0.500. The topological polar surface area (TPSA) is 43.7 Å². The number of nitrogens with zero attached hydrogens (tertiary/aromatic N) is 1. The molecule has 0 saturated carbocycles. The van der Waals surface area contributed by atoms with Crippen LogP contribution in [0.3, 0.4) is 0 Å². The lowest BCUT2D eigenvalue weighted by molar-refractivity contribution is 0.281. The summed E-state index contributed by atoms with van der Waals surface area (Å²) in [5.74, 6) is 0. The summed E-state index contributed by atoms with van der Waals surface area (Å²) < 4.78 is 0. The molecule has 0 aliphatic heterocycles. The third-order valence-corrected chi connectivity index (χ3v) is 2.47. The van der Waals surface area contributed by atoms with Crippen LogP contribution < -0.4 is 4.90 Å². The summed E-state index contributed by atoms with van der Waals surface area (Å²) in [4.78, 5) is 2.17. The first-order valence-electron chi connectivity index (χ1n) is 5.38. The minimum atomic E-state index is 0.0613. The molecule has 1 aromatic carbocycles. The molecule has 0 bridgehead atoms. The highest BCUT2D eigenvalue weighted by Gasteiger charge is 2.07. The lowest BCUT2D eigenvalue weighted by atomic mass is 10.1. The van der Waals surface area contributed by atoms with Crippen molar-refractivity contribution in [2.45, 2.75) is 20.0 Å². The minimum Gasteiger partial charge on any atom is -0.396 e. The van der Waals surface area contributed by atoms with Crippen LogP contribution in [0.4, 0.5) is 5.69 Å². The zero-order valence-corrected chi connectivity index (χ0v) is 9.19. The summed E-state index contributed by atoms with van der Waals surface area (Å²) in [6.45, 7) is 4.05. The van der Waals surface area contributed by atoms with Gasteiger partial charge in [0.1, 0.15) is 0 Å². The molecule has 15 heavy (non-hydrogen) atoms. The molecule has 1 aromatic rings. The van der Waals surface area contributed by atoms with E-state index in [1.807, 2.05) is 24.3 Å². The summed E-state index contributed by atoms with van der Waals surface area (Å²) in [6, 6.07) is 7.83. The van der Waals surface area contributed by atoms with E-state index in [4.69, 9.17) is 5.11 Å². The van der Waals surface area contributed by atoms with Gasteiger partial charge < -0.3 is 15.1 Å². The third-order valence-electron chi connectivity index (χ3n) is 2.47. The minimum absolute atomic E-state index is 0.0613. The van der Waals surface area contributed by atoms with Gasteiger partial charge in [0.2, 0.25) is 0 Å². The van der Waals surface area contributed by atoms with Crippen molar-refractivity contribution in [1.29, 1.82) is 0 Å². The fourth-order valence-corrected chi connectivity index (χ4v) is 1.66. The molecule has 3 heteroatoms. The van der Waals surface area contributed by atoms with Crippen LogP contribution in [-0.4, -0.2) is 29.9 Å². The van der Waals surface area contributed by atoms with E-state index in [2.05, 4.69) is 11.8 Å². The van der Waals surface area contributed by atoms with Crippen molar-refractivity contribution >= 4 is 5.69 Å². The zero-order valence-electron chi connectivity index (χ0n) is 9.19. The summed E-state index contributed by atoms with van der Waals surface area (Å²) in [7, 11) is 0. The summed E-state index contributed by atoms with van der Waals surface area (Å²) in [5, 5.41) is 18.0. The molecule has 0 radical (unpaired) electrons. The largest absolute Gasteiger partial charge is 0.396 e. The molecule has 0 amide bonds. The van der Waals surface area contributed by atoms with Crippen LogP contribution in [0, 0.1) is 0 Å². The van der Waals surface area contributed by atoms with E-state index in [-0.39, 0.29) is 13.2 Å². The van der Waals surface area contributed by atoms with Crippen LogP contribution in [0.2, 0.25) is 0 Å². The third kappa shape index (κ3) is 3.22. The van der Waals surface area contributed by atoms with Gasteiger partial charge in [-0.2, -0.15) is 0 Å². The standard InChI is InChI=1S/C12H19NO2/c1-2-13(8-5-9-14)12-7-4-3-6-11(12)10-15/h3-4,6-7,14-15H,2,5,8-10H2,1H3. The van der Waals surface area contributed by atoms with Gasteiger partial charge in [-0.15, -0.1) is 0 Å². The fourth-order valence-electron chi connectivity index (χ4n) is 1.66. The lowest BCUT2D eigenvalue weighted by Gasteiger charge is -2.24. The Kier molecular flexibility index (Phi) is 5.15. The number of rotatable bonds is 6. The van der Waals surface area contributed by atoms with E-state index in [0.29, 0.717) is 0 Å². The SMILES string of the molecule is CCN(CCCO)c1ccccc1CO. The Morgan fingerprint density at radius 3 is 2.53 bits per heavy atom. The van der Waals surface area contributed by atoms with Crippen LogP contribution >= 0.6 is 0 Å². The van der Waals surface area contributed by atoms with Crippen molar-refractivity contribution in [1.82, 2.24) is 0 Å². The number of aliphatic hydroxyl groups excluding tert-OH is 2. The van der Waals surface area contributed by atoms with Crippen molar-refractivity contribution < 1.29 is 10.2 Å². The number of aliphatic hydroxyl groups is 2. The van der Waals surface area contributed by atoms with Gasteiger partial charge in [-0.05, 0) is 19.4 Å². The average Bonchev–Trinajstić information content (AvgIpc) is 2.30. The molecular weight excluding hydrogens is 190 g/mol. The van der Waals surface area contributed by atoms with Gasteiger partial charge in [-0.25, -0.2) is 0 Å². The van der Waals surface area contributed by atoms with Crippen LogP contribution in [0.1, 0.15) is 18.9 Å². The molecule has 3 nitrogen and oxygen atoms in total. The van der Waals surface area contributed by atoms with Crippen molar-refractivity contribution in [3.05, 3.63) is 29.8 Å². The molecule has 0 fully saturated rings. The summed E-state index contributed by atoms with van der Waals surface area (Å²) in [6.07, 6.45) is 0.758. The Morgan fingerprint density at radius 1 is 1.20 bits per heavy atom. The quantitative estimate of drug-likeness (QED) is 0.744. The van der Waals surface area contributed by atoms with Gasteiger partial charge >= 0.3 is 0 Å². The number of hydrogen-bond donors (Lipinski definition) is 2. The van der Waals surface area contributed by atoms with Gasteiger partial charge in [0.25, 0.3) is 0 Å². The van der Waals surface area contributed by atoms with Crippen molar-refractivity contribution in [2.75, 3.05) is 24.6 Å². The second-order valence-corrected chi connectivity index (χ2v) is 3.44. The van der Waals surface area contributed by atoms with Crippen LogP contribution in [0.15, 0.2) is 24.3 Å². The maximum Gasteiger partial charge on any atom is 0.0702 e. The number of anilines is 1. The van der Waals surface area contributed by atoms with Crippen LogP contribution in [-0.2, 0) is 6.61 Å². The Morgan fingerprint density at radius 2 is 1.93 bits per heavy atom. The summed E-state index contributed by atoms with van der Waals surface area (Å²) in [5.41, 5.74) is 2.01. The van der Waals surface area contributed by atoms with Gasteiger partial charge in [0.05, 0.1) is 6.61 Å². The van der Waals surface area contributed by atoms with E-state index < -0.39 is 0 Å². The zero-order chi connectivity index (χ0) is 11.1. The Balaban J connectivity index is 2.80. The molecule has 0 saturated heterocycles. The highest BCUT2D eigenvalue weighted by Crippen LogP contribution is 2.20. The van der Waals surface area contributed by atoms with Crippen molar-refractivity contribution in [3.8, 4) is 0 Å². The molecule has 0 spiro atoms. The van der Waals surface area contributed by atoms with Crippen molar-refractivity contribution in [3.63, 3.8) is 0 Å². The maximum atomic E-state index is 9.21. The Labute approximate surface area is 91.0 Å². The predicted octanol–water partition coefficient (Wildman–Crippen LogP) is 1.39. The Bertz CT molecular complexity index is 289. The number of para-hydroxylation sites is 1. The Hall–Kier alpha value is -1.06. The molecule has 0 unspecified atom stereocenters. The highest BCUT2D eigenvalue weighted by molar-refractivity contribution is 5.53. The second kappa shape index (κ2) is 6.43. The highest BCUT2D eigenvalue weighted by atomic mass is 16.3. The van der Waals surface area contributed by atoms with Crippen LogP contribution in [0.5, 0.6) is 0 Å². The maximum absolute atomic E-state index is 9.21. The lowest BCUT2D eigenvalue weighted by Crippen LogP contribution is -2.25. The molecule has 84 valence electrons. The van der Waals surface area contributed by atoms with E-state index in [0.717, 1.165) is 30.8 Å². The molecule has 0 aliphatic rings. The van der Waals surface area contributed by atoms with E-state index >= 15 is 0 Å². The van der Waals surface area contributed by atoms with Gasteiger partial charge in [-0.3, -0.25) is 0 Å². The van der Waals surface area contributed by atoms with E-state index in [1.165, 1.54) is 0 Å². The van der Waals surface area contributed by atoms with E-state index in [9.17, 15) is 5.11 Å². The van der Waals surface area contributed by atoms with Crippen LogP contribution in [0.25, 0.3) is 0 Å². The average molecular weight is 209 g/mol. The monoisotopic (exact) mass is 209 g/mol. The van der Waals surface area contributed by atoms with Gasteiger partial charge in [0, 0.05) is 30.9 Å². The van der Waals surface area contributed by atoms with Crippen molar-refractivity contribution in [2.24, 2.45) is 0 Å². The summed E-state index contributed by atoms with van der Waals surface area (Å²) >= 11 is 0. The molecule has 0 aromatic heterocycles. The van der Waals surface area contributed by atoms with Gasteiger partial charge in [-0.1, -0.05) is 18.2 Å². The first kappa shape index (κ1) is 12.0. The normalized spacial score (nSPS) is 10.3. The molecule has 2 N–H and O–H groups in total. The smallest absolute Gasteiger partial charge is 0.0702 e. The molecule has 0 atom stereocenters. The molecular formula is C12H19NO2.